The Kier molecular flexibility index (Phi) is 6.91. The van der Waals surface area contributed by atoms with E-state index in [4.69, 9.17) is 6.42 Å². The Bertz CT molecular complexity index is 983. The van der Waals surface area contributed by atoms with Gasteiger partial charge >= 0.3 is 0 Å². The molecule has 2 aromatic carbocycles. The minimum Gasteiger partial charge on any atom is -0.289 e. The first-order chi connectivity index (χ1) is 15.0. The van der Waals surface area contributed by atoms with Crippen LogP contribution in [-0.4, -0.2) is 30.3 Å². The first-order valence-electron chi connectivity index (χ1n) is 11.3. The number of carbonyl (C=O) groups excluding carboxylic acids is 1. The minimum atomic E-state index is 0.106. The van der Waals surface area contributed by atoms with Gasteiger partial charge in [-0.25, -0.2) is 0 Å². The van der Waals surface area contributed by atoms with Crippen molar-refractivity contribution in [3.05, 3.63) is 81.9 Å². The molecule has 0 spiro atoms. The SMILES string of the molecule is C#CCN1CC(=Cc2ccc(C(C)(C)C)cc2)C(=O)C(=Cc2ccc(C(C)(C)C)cc2)C1. The number of rotatable bonds is 3. The average molecular weight is 426 g/mol. The second-order valence-electron chi connectivity index (χ2n) is 10.8. The molecule has 1 aliphatic heterocycles. The summed E-state index contributed by atoms with van der Waals surface area (Å²) in [5.41, 5.74) is 6.42. The van der Waals surface area contributed by atoms with Crippen LogP contribution in [0.5, 0.6) is 0 Å². The summed E-state index contributed by atoms with van der Waals surface area (Å²) in [6.45, 7) is 14.9. The van der Waals surface area contributed by atoms with Crippen LogP contribution in [0, 0.1) is 12.3 Å². The van der Waals surface area contributed by atoms with Gasteiger partial charge in [0.05, 0.1) is 6.54 Å². The van der Waals surface area contributed by atoms with Gasteiger partial charge in [0.15, 0.2) is 5.78 Å². The molecule has 1 aliphatic rings. The van der Waals surface area contributed by atoms with E-state index in [1.54, 1.807) is 0 Å². The molecule has 0 saturated carbocycles. The third kappa shape index (κ3) is 5.87. The van der Waals surface area contributed by atoms with E-state index in [0.29, 0.717) is 19.6 Å². The molecule has 1 saturated heterocycles. The number of carbonyl (C=O) groups is 1. The van der Waals surface area contributed by atoms with Crippen LogP contribution in [0.15, 0.2) is 59.7 Å². The Balaban J connectivity index is 1.91. The predicted molar refractivity (Wildman–Crippen MR) is 137 cm³/mol. The van der Waals surface area contributed by atoms with Crippen LogP contribution < -0.4 is 0 Å². The molecule has 0 aromatic heterocycles. The van der Waals surface area contributed by atoms with Gasteiger partial charge in [0.25, 0.3) is 0 Å². The van der Waals surface area contributed by atoms with Gasteiger partial charge in [0.2, 0.25) is 0 Å². The number of hydrogen-bond acceptors (Lipinski definition) is 2. The van der Waals surface area contributed by atoms with Gasteiger partial charge in [-0.1, -0.05) is 96.0 Å². The molecular weight excluding hydrogens is 390 g/mol. The largest absolute Gasteiger partial charge is 0.289 e. The zero-order valence-corrected chi connectivity index (χ0v) is 20.3. The zero-order chi connectivity index (χ0) is 23.5. The van der Waals surface area contributed by atoms with Gasteiger partial charge in [-0.2, -0.15) is 0 Å². The molecule has 32 heavy (non-hydrogen) atoms. The predicted octanol–water partition coefficient (Wildman–Crippen LogP) is 6.27. The number of hydrogen-bond donors (Lipinski definition) is 0. The van der Waals surface area contributed by atoms with Gasteiger partial charge in [-0.15, -0.1) is 6.42 Å². The van der Waals surface area contributed by atoms with Crippen LogP contribution >= 0.6 is 0 Å². The fourth-order valence-electron chi connectivity index (χ4n) is 3.91. The topological polar surface area (TPSA) is 20.3 Å². The Hall–Kier alpha value is -2.89. The van der Waals surface area contributed by atoms with E-state index in [9.17, 15) is 4.79 Å². The first-order valence-corrected chi connectivity index (χ1v) is 11.3. The lowest BCUT2D eigenvalue weighted by Crippen LogP contribution is -2.37. The maximum atomic E-state index is 13.3. The molecule has 3 rings (SSSR count). The summed E-state index contributed by atoms with van der Waals surface area (Å²) >= 11 is 0. The standard InChI is InChI=1S/C30H35NO/c1-8-17-31-20-24(18-22-9-13-26(14-10-22)29(2,3)4)28(32)25(21-31)19-23-11-15-27(16-12-23)30(5,6)7/h1,9-16,18-19H,17,20-21H2,2-7H3. The van der Waals surface area contributed by atoms with Gasteiger partial charge in [0.1, 0.15) is 0 Å². The summed E-state index contributed by atoms with van der Waals surface area (Å²) in [4.78, 5) is 15.5. The van der Waals surface area contributed by atoms with Crippen LogP contribution in [-0.2, 0) is 15.6 Å². The number of likely N-dealkylation sites (tertiary alicyclic amines) is 1. The van der Waals surface area contributed by atoms with E-state index in [1.165, 1.54) is 11.1 Å². The van der Waals surface area contributed by atoms with E-state index in [-0.39, 0.29) is 16.6 Å². The van der Waals surface area contributed by atoms with Crippen molar-refractivity contribution in [3.8, 4) is 12.3 Å². The highest BCUT2D eigenvalue weighted by atomic mass is 16.1. The fraction of sp³-hybridized carbons (Fsp3) is 0.367. The van der Waals surface area contributed by atoms with Crippen molar-refractivity contribution in [2.75, 3.05) is 19.6 Å². The Morgan fingerprint density at radius 1 is 0.781 bits per heavy atom. The first kappa shape index (κ1) is 23.8. The van der Waals surface area contributed by atoms with Gasteiger partial charge < -0.3 is 0 Å². The number of piperidine rings is 1. The van der Waals surface area contributed by atoms with Crippen LogP contribution in [0.1, 0.15) is 63.8 Å². The van der Waals surface area contributed by atoms with E-state index in [0.717, 1.165) is 22.3 Å². The zero-order valence-electron chi connectivity index (χ0n) is 20.3. The summed E-state index contributed by atoms with van der Waals surface area (Å²) in [5, 5.41) is 0. The minimum absolute atomic E-state index is 0.106. The molecule has 0 unspecified atom stereocenters. The summed E-state index contributed by atoms with van der Waals surface area (Å²) < 4.78 is 0. The molecule has 1 heterocycles. The molecule has 0 radical (unpaired) electrons. The molecule has 2 heteroatoms. The number of nitrogens with zero attached hydrogens (tertiary/aromatic N) is 1. The molecular formula is C30H35NO. The van der Waals surface area contributed by atoms with Gasteiger partial charge in [0, 0.05) is 24.2 Å². The Morgan fingerprint density at radius 2 is 1.16 bits per heavy atom. The maximum absolute atomic E-state index is 13.3. The average Bonchev–Trinajstić information content (AvgIpc) is 2.71. The molecule has 0 atom stereocenters. The van der Waals surface area contributed by atoms with Gasteiger partial charge in [-0.05, 0) is 45.2 Å². The van der Waals surface area contributed by atoms with Crippen molar-refractivity contribution >= 4 is 17.9 Å². The lowest BCUT2D eigenvalue weighted by molar-refractivity contribution is -0.113. The van der Waals surface area contributed by atoms with E-state index < -0.39 is 0 Å². The lowest BCUT2D eigenvalue weighted by atomic mass is 9.86. The van der Waals surface area contributed by atoms with Gasteiger partial charge in [-0.3, -0.25) is 9.69 Å². The third-order valence-electron chi connectivity index (χ3n) is 5.92. The monoisotopic (exact) mass is 425 g/mol. The smallest absolute Gasteiger partial charge is 0.187 e. The summed E-state index contributed by atoms with van der Waals surface area (Å²) in [5.74, 6) is 2.84. The quantitative estimate of drug-likeness (QED) is 0.427. The highest BCUT2D eigenvalue weighted by molar-refractivity contribution is 6.14. The van der Waals surface area contributed by atoms with Crippen molar-refractivity contribution in [2.24, 2.45) is 0 Å². The summed E-state index contributed by atoms with van der Waals surface area (Å²) in [6.07, 6.45) is 9.61. The molecule has 1 fully saturated rings. The van der Waals surface area contributed by atoms with Crippen LogP contribution in [0.3, 0.4) is 0 Å². The third-order valence-corrected chi connectivity index (χ3v) is 5.92. The van der Waals surface area contributed by atoms with Crippen molar-refractivity contribution in [2.45, 2.75) is 52.4 Å². The second kappa shape index (κ2) is 9.31. The fourth-order valence-corrected chi connectivity index (χ4v) is 3.91. The molecule has 2 nitrogen and oxygen atoms in total. The molecule has 166 valence electrons. The number of Topliss-reactive ketones (excluding diaryl/α,β-unsaturated/α-hetero) is 1. The highest BCUT2D eigenvalue weighted by Crippen LogP contribution is 2.26. The van der Waals surface area contributed by atoms with E-state index in [1.807, 2.05) is 12.2 Å². The normalized spacial score (nSPS) is 18.2. The highest BCUT2D eigenvalue weighted by Gasteiger charge is 2.26. The van der Waals surface area contributed by atoms with Crippen molar-refractivity contribution in [3.63, 3.8) is 0 Å². The van der Waals surface area contributed by atoms with E-state index >= 15 is 0 Å². The Labute approximate surface area is 194 Å². The van der Waals surface area contributed by atoms with Crippen LogP contribution in [0.2, 0.25) is 0 Å². The summed E-state index contributed by atoms with van der Waals surface area (Å²) in [7, 11) is 0. The van der Waals surface area contributed by atoms with Crippen molar-refractivity contribution in [1.82, 2.24) is 4.90 Å². The van der Waals surface area contributed by atoms with Crippen molar-refractivity contribution < 1.29 is 4.79 Å². The van der Waals surface area contributed by atoms with Crippen molar-refractivity contribution in [1.29, 1.82) is 0 Å². The number of terminal acetylenes is 1. The van der Waals surface area contributed by atoms with Crippen LogP contribution in [0.25, 0.3) is 12.2 Å². The lowest BCUT2D eigenvalue weighted by Gasteiger charge is -2.28. The molecule has 2 aromatic rings. The summed E-state index contributed by atoms with van der Waals surface area (Å²) in [6, 6.07) is 17.0. The second-order valence-corrected chi connectivity index (χ2v) is 10.8. The number of ketones is 1. The van der Waals surface area contributed by atoms with E-state index in [2.05, 4.69) is 101 Å². The molecule has 0 amide bonds. The van der Waals surface area contributed by atoms with Crippen LogP contribution in [0.4, 0.5) is 0 Å². The Morgan fingerprint density at radius 3 is 1.47 bits per heavy atom. The molecule has 0 aliphatic carbocycles. The molecule has 0 bridgehead atoms. The number of benzene rings is 2. The maximum Gasteiger partial charge on any atom is 0.187 e. The molecule has 0 N–H and O–H groups in total.